The monoisotopic (exact) mass is 360 g/mol. The molecule has 0 bridgehead atoms. The van der Waals surface area contributed by atoms with Crippen LogP contribution in [0.3, 0.4) is 0 Å². The smallest absolute Gasteiger partial charge is 0.339 e. The van der Waals surface area contributed by atoms with E-state index in [1.807, 2.05) is 0 Å². The largest absolute Gasteiger partial charge is 0.463 e. The topological polar surface area (TPSA) is 137 Å². The SMILES string of the molecule is O=C(CC(O)(CC(=O)OCC1CO1)C(=O)OCC1CO1)OCC1CO1. The fourth-order valence-electron chi connectivity index (χ4n) is 1.95. The lowest BCUT2D eigenvalue weighted by atomic mass is 9.95. The fraction of sp³-hybridized carbons (Fsp3) is 0.800. The van der Waals surface area contributed by atoms with Crippen LogP contribution in [0.2, 0.25) is 0 Å². The second-order valence-corrected chi connectivity index (χ2v) is 6.22. The van der Waals surface area contributed by atoms with Crippen molar-refractivity contribution in [3.8, 4) is 0 Å². The molecule has 0 radical (unpaired) electrons. The molecule has 140 valence electrons. The second-order valence-electron chi connectivity index (χ2n) is 6.22. The van der Waals surface area contributed by atoms with E-state index in [9.17, 15) is 19.5 Å². The number of rotatable bonds is 11. The lowest BCUT2D eigenvalue weighted by Gasteiger charge is -2.24. The lowest BCUT2D eigenvalue weighted by Crippen LogP contribution is -2.45. The molecule has 3 aliphatic rings. The Balaban J connectivity index is 1.52. The van der Waals surface area contributed by atoms with Crippen LogP contribution in [0.1, 0.15) is 12.8 Å². The number of carbonyl (C=O) groups is 3. The van der Waals surface area contributed by atoms with Gasteiger partial charge in [0.05, 0.1) is 32.7 Å². The molecule has 0 spiro atoms. The highest BCUT2D eigenvalue weighted by atomic mass is 16.6. The summed E-state index contributed by atoms with van der Waals surface area (Å²) in [6, 6.07) is 0. The number of hydrogen-bond acceptors (Lipinski definition) is 10. The summed E-state index contributed by atoms with van der Waals surface area (Å²) in [5.74, 6) is -2.77. The van der Waals surface area contributed by atoms with Crippen LogP contribution in [0.4, 0.5) is 0 Å². The normalized spacial score (nSPS) is 28.4. The van der Waals surface area contributed by atoms with Crippen molar-refractivity contribution in [2.45, 2.75) is 36.8 Å². The van der Waals surface area contributed by atoms with E-state index in [2.05, 4.69) is 0 Å². The van der Waals surface area contributed by atoms with Gasteiger partial charge in [0.1, 0.15) is 38.1 Å². The molecule has 3 saturated heterocycles. The first kappa shape index (κ1) is 18.1. The van der Waals surface area contributed by atoms with Crippen molar-refractivity contribution >= 4 is 17.9 Å². The predicted octanol–water partition coefficient (Wildman–Crippen LogP) is -1.68. The van der Waals surface area contributed by atoms with Gasteiger partial charge in [-0.05, 0) is 0 Å². The molecule has 0 aliphatic carbocycles. The summed E-state index contributed by atoms with van der Waals surface area (Å²) in [7, 11) is 0. The third-order valence-electron chi connectivity index (χ3n) is 3.72. The molecule has 1 N–H and O–H groups in total. The summed E-state index contributed by atoms with van der Waals surface area (Å²) >= 11 is 0. The molecule has 0 aromatic carbocycles. The Morgan fingerprint density at radius 3 is 1.52 bits per heavy atom. The van der Waals surface area contributed by atoms with Gasteiger partial charge in [0.25, 0.3) is 0 Å². The van der Waals surface area contributed by atoms with Crippen molar-refractivity contribution < 1.29 is 47.9 Å². The van der Waals surface area contributed by atoms with Crippen molar-refractivity contribution in [3.05, 3.63) is 0 Å². The molecule has 3 heterocycles. The van der Waals surface area contributed by atoms with E-state index in [-0.39, 0.29) is 38.1 Å². The molecule has 10 nitrogen and oxygen atoms in total. The molecule has 3 unspecified atom stereocenters. The van der Waals surface area contributed by atoms with Crippen LogP contribution in [0.5, 0.6) is 0 Å². The second kappa shape index (κ2) is 7.65. The third kappa shape index (κ3) is 6.24. The minimum Gasteiger partial charge on any atom is -0.463 e. The van der Waals surface area contributed by atoms with Crippen molar-refractivity contribution in [1.29, 1.82) is 0 Å². The van der Waals surface area contributed by atoms with Gasteiger partial charge >= 0.3 is 17.9 Å². The average Bonchev–Trinajstić information content (AvgIpc) is 3.42. The molecule has 0 aromatic rings. The summed E-state index contributed by atoms with van der Waals surface area (Å²) in [6.07, 6.45) is -1.97. The predicted molar refractivity (Wildman–Crippen MR) is 76.3 cm³/mol. The molecule has 0 amide bonds. The van der Waals surface area contributed by atoms with Crippen LogP contribution >= 0.6 is 0 Å². The molecule has 3 aliphatic heterocycles. The number of esters is 3. The van der Waals surface area contributed by atoms with Gasteiger partial charge in [0.2, 0.25) is 0 Å². The average molecular weight is 360 g/mol. The quantitative estimate of drug-likeness (QED) is 0.258. The fourth-order valence-corrected chi connectivity index (χ4v) is 1.95. The summed E-state index contributed by atoms with van der Waals surface area (Å²) in [5.41, 5.74) is -2.36. The van der Waals surface area contributed by atoms with E-state index in [4.69, 9.17) is 28.4 Å². The Hall–Kier alpha value is -1.75. The van der Waals surface area contributed by atoms with Gasteiger partial charge in [-0.15, -0.1) is 0 Å². The molecule has 10 heteroatoms. The Morgan fingerprint density at radius 2 is 1.16 bits per heavy atom. The van der Waals surface area contributed by atoms with Gasteiger partial charge in [-0.3, -0.25) is 9.59 Å². The van der Waals surface area contributed by atoms with Gasteiger partial charge in [0.15, 0.2) is 5.60 Å². The van der Waals surface area contributed by atoms with E-state index < -0.39 is 36.4 Å². The lowest BCUT2D eigenvalue weighted by molar-refractivity contribution is -0.178. The third-order valence-corrected chi connectivity index (χ3v) is 3.72. The highest BCUT2D eigenvalue weighted by Gasteiger charge is 2.44. The zero-order chi connectivity index (χ0) is 17.9. The summed E-state index contributed by atoms with van der Waals surface area (Å²) < 4.78 is 29.5. The van der Waals surface area contributed by atoms with Crippen LogP contribution in [0.15, 0.2) is 0 Å². The first-order chi connectivity index (χ1) is 11.9. The van der Waals surface area contributed by atoms with Crippen LogP contribution in [-0.4, -0.2) is 86.6 Å². The molecule has 3 fully saturated rings. The highest BCUT2D eigenvalue weighted by molar-refractivity contribution is 5.90. The van der Waals surface area contributed by atoms with Crippen LogP contribution in [0.25, 0.3) is 0 Å². The zero-order valence-electron chi connectivity index (χ0n) is 13.5. The number of ether oxygens (including phenoxy) is 6. The minimum atomic E-state index is -2.36. The number of carbonyl (C=O) groups excluding carboxylic acids is 3. The highest BCUT2D eigenvalue weighted by Crippen LogP contribution is 2.22. The Morgan fingerprint density at radius 1 is 0.800 bits per heavy atom. The molecule has 3 atom stereocenters. The van der Waals surface area contributed by atoms with E-state index in [0.717, 1.165) is 0 Å². The molecule has 3 rings (SSSR count). The molecular formula is C15H20O10. The van der Waals surface area contributed by atoms with Gasteiger partial charge in [-0.25, -0.2) is 4.79 Å². The maximum Gasteiger partial charge on any atom is 0.339 e. The minimum absolute atomic E-state index is 0.0311. The number of aliphatic hydroxyl groups is 1. The molecule has 0 saturated carbocycles. The van der Waals surface area contributed by atoms with Gasteiger partial charge in [-0.1, -0.05) is 0 Å². The summed E-state index contributed by atoms with van der Waals surface area (Å²) in [5, 5.41) is 10.5. The summed E-state index contributed by atoms with van der Waals surface area (Å²) in [4.78, 5) is 35.9. The van der Waals surface area contributed by atoms with Crippen LogP contribution in [-0.2, 0) is 42.8 Å². The maximum absolute atomic E-state index is 12.2. The number of epoxide rings is 3. The van der Waals surface area contributed by atoms with Gasteiger partial charge < -0.3 is 33.5 Å². The molecule has 0 aromatic heterocycles. The number of hydrogen-bond donors (Lipinski definition) is 1. The van der Waals surface area contributed by atoms with Crippen LogP contribution in [0, 0.1) is 0 Å². The maximum atomic E-state index is 12.2. The Kier molecular flexibility index (Phi) is 5.52. The first-order valence-electron chi connectivity index (χ1n) is 8.00. The van der Waals surface area contributed by atoms with E-state index in [1.165, 1.54) is 0 Å². The Bertz CT molecular complexity index is 490. The van der Waals surface area contributed by atoms with Crippen molar-refractivity contribution in [2.24, 2.45) is 0 Å². The van der Waals surface area contributed by atoms with Crippen molar-refractivity contribution in [2.75, 3.05) is 39.6 Å². The van der Waals surface area contributed by atoms with Gasteiger partial charge in [0, 0.05) is 0 Å². The molecule has 25 heavy (non-hydrogen) atoms. The zero-order valence-corrected chi connectivity index (χ0v) is 13.5. The van der Waals surface area contributed by atoms with E-state index in [1.54, 1.807) is 0 Å². The Labute approximate surface area is 143 Å². The van der Waals surface area contributed by atoms with E-state index >= 15 is 0 Å². The summed E-state index contributed by atoms with van der Waals surface area (Å²) in [6.45, 7) is 1.45. The first-order valence-corrected chi connectivity index (χ1v) is 8.00. The van der Waals surface area contributed by atoms with Crippen molar-refractivity contribution in [3.63, 3.8) is 0 Å². The van der Waals surface area contributed by atoms with Crippen molar-refractivity contribution in [1.82, 2.24) is 0 Å². The standard InChI is InChI=1S/C15H20O10/c16-12(23-6-9-3-20-9)1-15(19,14(18)25-8-11-5-22-11)2-13(17)24-7-10-4-21-10/h9-11,19H,1-8H2. The van der Waals surface area contributed by atoms with Crippen LogP contribution < -0.4 is 0 Å². The molecular weight excluding hydrogens is 340 g/mol. The van der Waals surface area contributed by atoms with Gasteiger partial charge in [-0.2, -0.15) is 0 Å². The van der Waals surface area contributed by atoms with E-state index in [0.29, 0.717) is 19.8 Å².